The SMILES string of the molecule is [CH2-]c1ccccc1.[Zr+2].c1ccc2[cH-]ccc2c1. The van der Waals surface area contributed by atoms with Gasteiger partial charge in [-0.3, -0.25) is 0 Å². The third-order valence-electron chi connectivity index (χ3n) is 2.39. The van der Waals surface area contributed by atoms with Crippen LogP contribution < -0.4 is 0 Å². The first-order valence-electron chi connectivity index (χ1n) is 5.34. The van der Waals surface area contributed by atoms with Crippen LogP contribution in [0.15, 0.2) is 72.8 Å². The Morgan fingerprint density at radius 1 is 0.765 bits per heavy atom. The van der Waals surface area contributed by atoms with E-state index < -0.39 is 0 Å². The number of benzene rings is 2. The molecule has 0 aromatic heterocycles. The van der Waals surface area contributed by atoms with E-state index >= 15 is 0 Å². The van der Waals surface area contributed by atoms with Crippen LogP contribution >= 0.6 is 0 Å². The summed E-state index contributed by atoms with van der Waals surface area (Å²) in [5, 5.41) is 2.66. The van der Waals surface area contributed by atoms with E-state index in [4.69, 9.17) is 0 Å². The zero-order valence-electron chi connectivity index (χ0n) is 9.64. The van der Waals surface area contributed by atoms with Crippen molar-refractivity contribution in [2.75, 3.05) is 0 Å². The topological polar surface area (TPSA) is 0 Å². The average Bonchev–Trinajstić information content (AvgIpc) is 2.79. The zero-order valence-corrected chi connectivity index (χ0v) is 12.1. The molecule has 0 nitrogen and oxygen atoms in total. The molecule has 0 spiro atoms. The molecule has 3 aromatic rings. The fourth-order valence-electron chi connectivity index (χ4n) is 1.55. The van der Waals surface area contributed by atoms with Gasteiger partial charge in [-0.15, -0.1) is 41.8 Å². The molecule has 0 amide bonds. The van der Waals surface area contributed by atoms with Crippen molar-refractivity contribution >= 4 is 10.8 Å². The summed E-state index contributed by atoms with van der Waals surface area (Å²) < 4.78 is 0. The smallest absolute Gasteiger partial charge is 0.199 e. The minimum absolute atomic E-state index is 0. The van der Waals surface area contributed by atoms with Crippen LogP contribution in [0, 0.1) is 6.92 Å². The van der Waals surface area contributed by atoms with Gasteiger partial charge in [0.05, 0.1) is 0 Å². The molecule has 0 saturated heterocycles. The Morgan fingerprint density at radius 3 is 2.00 bits per heavy atom. The predicted molar refractivity (Wildman–Crippen MR) is 70.4 cm³/mol. The van der Waals surface area contributed by atoms with Crippen molar-refractivity contribution in [3.8, 4) is 0 Å². The average molecular weight is 298 g/mol. The van der Waals surface area contributed by atoms with E-state index in [2.05, 4.69) is 49.4 Å². The summed E-state index contributed by atoms with van der Waals surface area (Å²) in [4.78, 5) is 0. The largest absolute Gasteiger partial charge is 2.00 e. The van der Waals surface area contributed by atoms with Crippen LogP contribution in [-0.4, -0.2) is 0 Å². The Bertz CT molecular complexity index is 507. The molecular weight excluding hydrogens is 283 g/mol. The van der Waals surface area contributed by atoms with E-state index in [-0.39, 0.29) is 26.2 Å². The molecule has 0 atom stereocenters. The molecule has 0 unspecified atom stereocenters. The molecule has 82 valence electrons. The predicted octanol–water partition coefficient (Wildman–Crippen LogP) is 4.42. The maximum atomic E-state index is 3.72. The molecule has 0 bridgehead atoms. The van der Waals surface area contributed by atoms with E-state index in [1.807, 2.05) is 30.3 Å². The molecule has 0 aliphatic carbocycles. The molecule has 3 aromatic carbocycles. The molecule has 17 heavy (non-hydrogen) atoms. The van der Waals surface area contributed by atoms with Gasteiger partial charge in [-0.1, -0.05) is 12.1 Å². The van der Waals surface area contributed by atoms with E-state index in [1.165, 1.54) is 10.8 Å². The van der Waals surface area contributed by atoms with Crippen LogP contribution in [0.2, 0.25) is 0 Å². The van der Waals surface area contributed by atoms with Crippen LogP contribution in [0.25, 0.3) is 10.8 Å². The standard InChI is InChI=1S/C9H7.C7H7.Zr/c1-2-5-9-7-3-6-8(9)4-1;1-7-5-3-2-4-6-7;/h1-7H;2-6H,1H2;/q2*-1;+2. The van der Waals surface area contributed by atoms with Crippen molar-refractivity contribution in [3.05, 3.63) is 85.3 Å². The summed E-state index contributed by atoms with van der Waals surface area (Å²) in [6.45, 7) is 3.72. The van der Waals surface area contributed by atoms with Crippen LogP contribution in [0.5, 0.6) is 0 Å². The van der Waals surface area contributed by atoms with Gasteiger partial charge in [-0.05, 0) is 0 Å². The first-order valence-corrected chi connectivity index (χ1v) is 5.34. The first-order chi connectivity index (χ1) is 7.86. The van der Waals surface area contributed by atoms with Gasteiger partial charge >= 0.3 is 26.2 Å². The van der Waals surface area contributed by atoms with Gasteiger partial charge in [-0.2, -0.15) is 42.1 Å². The molecule has 1 heteroatoms. The van der Waals surface area contributed by atoms with E-state index in [1.54, 1.807) is 0 Å². The molecule has 0 N–H and O–H groups in total. The van der Waals surface area contributed by atoms with Crippen molar-refractivity contribution in [2.24, 2.45) is 0 Å². The van der Waals surface area contributed by atoms with Crippen LogP contribution in [0.4, 0.5) is 0 Å². The number of hydrogen-bond donors (Lipinski definition) is 0. The molecule has 0 saturated carbocycles. The summed E-state index contributed by atoms with van der Waals surface area (Å²) in [6, 6.07) is 24.5. The molecule has 3 rings (SSSR count). The Morgan fingerprint density at radius 2 is 1.41 bits per heavy atom. The van der Waals surface area contributed by atoms with Crippen LogP contribution in [0.3, 0.4) is 0 Å². The second-order valence-electron chi connectivity index (χ2n) is 3.64. The van der Waals surface area contributed by atoms with Crippen molar-refractivity contribution in [3.63, 3.8) is 0 Å². The molecule has 0 heterocycles. The van der Waals surface area contributed by atoms with Crippen LogP contribution in [-0.2, 0) is 26.2 Å². The third kappa shape index (κ3) is 4.28. The van der Waals surface area contributed by atoms with Crippen LogP contribution in [0.1, 0.15) is 5.56 Å². The van der Waals surface area contributed by atoms with Gasteiger partial charge in [0.25, 0.3) is 0 Å². The van der Waals surface area contributed by atoms with Gasteiger partial charge in [0.1, 0.15) is 0 Å². The minimum Gasteiger partial charge on any atom is -0.199 e. The molecular formula is C16H14Zr. The Hall–Kier alpha value is -1.20. The van der Waals surface area contributed by atoms with Gasteiger partial charge < -0.3 is 0 Å². The van der Waals surface area contributed by atoms with Crippen molar-refractivity contribution in [1.29, 1.82) is 0 Å². The van der Waals surface area contributed by atoms with Crippen molar-refractivity contribution < 1.29 is 26.2 Å². The van der Waals surface area contributed by atoms with E-state index in [0.29, 0.717) is 0 Å². The molecule has 0 fully saturated rings. The summed E-state index contributed by atoms with van der Waals surface area (Å²) in [7, 11) is 0. The minimum atomic E-state index is 0. The number of hydrogen-bond acceptors (Lipinski definition) is 0. The summed E-state index contributed by atoms with van der Waals surface area (Å²) in [5.74, 6) is 0. The monoisotopic (exact) mass is 296 g/mol. The maximum Gasteiger partial charge on any atom is 2.00 e. The Kier molecular flexibility index (Phi) is 5.87. The van der Waals surface area contributed by atoms with Gasteiger partial charge in [0.2, 0.25) is 0 Å². The molecule has 0 aliphatic heterocycles. The summed E-state index contributed by atoms with van der Waals surface area (Å²) in [6.07, 6.45) is 0. The van der Waals surface area contributed by atoms with E-state index in [9.17, 15) is 0 Å². The number of fused-ring (bicyclic) bond motifs is 1. The van der Waals surface area contributed by atoms with Gasteiger partial charge in [-0.25, -0.2) is 0 Å². The fraction of sp³-hybridized carbons (Fsp3) is 0. The second kappa shape index (κ2) is 7.19. The quantitative estimate of drug-likeness (QED) is 0.539. The number of rotatable bonds is 0. The normalized spacial score (nSPS) is 8.94. The van der Waals surface area contributed by atoms with Crippen molar-refractivity contribution in [2.45, 2.75) is 0 Å². The van der Waals surface area contributed by atoms with Gasteiger partial charge in [0, 0.05) is 0 Å². The second-order valence-corrected chi connectivity index (χ2v) is 3.64. The summed E-state index contributed by atoms with van der Waals surface area (Å²) >= 11 is 0. The summed E-state index contributed by atoms with van der Waals surface area (Å²) in [5.41, 5.74) is 1.07. The fourth-order valence-corrected chi connectivity index (χ4v) is 1.55. The third-order valence-corrected chi connectivity index (χ3v) is 2.39. The molecule has 0 radical (unpaired) electrons. The van der Waals surface area contributed by atoms with Crippen molar-refractivity contribution in [1.82, 2.24) is 0 Å². The zero-order chi connectivity index (χ0) is 11.2. The Balaban J connectivity index is 0.000000166. The first kappa shape index (κ1) is 13.9. The maximum absolute atomic E-state index is 3.72. The Labute approximate surface area is 122 Å². The van der Waals surface area contributed by atoms with Gasteiger partial charge in [0.15, 0.2) is 0 Å². The molecule has 0 aliphatic rings. The van der Waals surface area contributed by atoms with E-state index in [0.717, 1.165) is 5.56 Å².